The van der Waals surface area contributed by atoms with Gasteiger partial charge in [-0.3, -0.25) is 9.69 Å². The first-order chi connectivity index (χ1) is 7.83. The van der Waals surface area contributed by atoms with Gasteiger partial charge in [-0.05, 0) is 25.8 Å². The molecule has 1 saturated heterocycles. The van der Waals surface area contributed by atoms with Crippen LogP contribution >= 0.6 is 0 Å². The Kier molecular flexibility index (Phi) is 4.76. The van der Waals surface area contributed by atoms with Gasteiger partial charge in [-0.2, -0.15) is 13.2 Å². The average molecular weight is 254 g/mol. The van der Waals surface area contributed by atoms with E-state index in [4.69, 9.17) is 5.11 Å². The summed E-state index contributed by atoms with van der Waals surface area (Å²) in [4.78, 5) is 13.2. The predicted octanol–water partition coefficient (Wildman–Crippen LogP) is 0.368. The number of hydrogen-bond donors (Lipinski definition) is 2. The number of alkyl halides is 3. The first kappa shape index (κ1) is 14.2. The van der Waals surface area contributed by atoms with Gasteiger partial charge in [0.05, 0.1) is 6.04 Å². The number of nitrogens with zero attached hydrogens (tertiary/aromatic N) is 1. The lowest BCUT2D eigenvalue weighted by Gasteiger charge is -2.23. The van der Waals surface area contributed by atoms with Crippen LogP contribution < -0.4 is 5.32 Å². The summed E-state index contributed by atoms with van der Waals surface area (Å²) >= 11 is 0. The first-order valence-corrected chi connectivity index (χ1v) is 5.53. The molecule has 17 heavy (non-hydrogen) atoms. The van der Waals surface area contributed by atoms with Gasteiger partial charge in [0.15, 0.2) is 0 Å². The summed E-state index contributed by atoms with van der Waals surface area (Å²) in [6.45, 7) is 1.51. The van der Waals surface area contributed by atoms with Crippen molar-refractivity contribution in [1.82, 2.24) is 10.2 Å². The molecule has 1 aliphatic heterocycles. The molecule has 0 bridgehead atoms. The SMILES string of the molecule is C[C@@H](C(=O)NCC(F)(F)F)N1CC[C@H](CO)C1. The van der Waals surface area contributed by atoms with Crippen LogP contribution in [0.2, 0.25) is 0 Å². The van der Waals surface area contributed by atoms with Gasteiger partial charge >= 0.3 is 6.18 Å². The number of rotatable bonds is 4. The number of carbonyl (C=O) groups excluding carboxylic acids is 1. The van der Waals surface area contributed by atoms with Crippen molar-refractivity contribution in [3.8, 4) is 0 Å². The Morgan fingerprint density at radius 3 is 2.71 bits per heavy atom. The Labute approximate surface area is 97.8 Å². The van der Waals surface area contributed by atoms with Crippen molar-refractivity contribution in [2.24, 2.45) is 5.92 Å². The van der Waals surface area contributed by atoms with Gasteiger partial charge in [0.1, 0.15) is 6.54 Å². The summed E-state index contributed by atoms with van der Waals surface area (Å²) in [5, 5.41) is 10.8. The van der Waals surface area contributed by atoms with E-state index in [1.165, 1.54) is 0 Å². The van der Waals surface area contributed by atoms with Gasteiger partial charge in [0.2, 0.25) is 5.91 Å². The predicted molar refractivity (Wildman–Crippen MR) is 55.3 cm³/mol. The fourth-order valence-corrected chi connectivity index (χ4v) is 1.86. The van der Waals surface area contributed by atoms with E-state index in [1.807, 2.05) is 5.32 Å². The van der Waals surface area contributed by atoms with E-state index in [9.17, 15) is 18.0 Å². The monoisotopic (exact) mass is 254 g/mol. The third kappa shape index (κ3) is 4.51. The number of aliphatic hydroxyl groups excluding tert-OH is 1. The highest BCUT2D eigenvalue weighted by Crippen LogP contribution is 2.18. The van der Waals surface area contributed by atoms with E-state index in [2.05, 4.69) is 0 Å². The van der Waals surface area contributed by atoms with Crippen molar-refractivity contribution in [2.45, 2.75) is 25.6 Å². The molecule has 1 rings (SSSR count). The second-order valence-corrected chi connectivity index (χ2v) is 4.34. The molecule has 1 fully saturated rings. The van der Waals surface area contributed by atoms with Gasteiger partial charge in [0, 0.05) is 13.2 Å². The van der Waals surface area contributed by atoms with Gasteiger partial charge in [-0.15, -0.1) is 0 Å². The molecule has 2 N–H and O–H groups in total. The molecule has 0 unspecified atom stereocenters. The minimum absolute atomic E-state index is 0.0490. The summed E-state index contributed by atoms with van der Waals surface area (Å²) < 4.78 is 35.7. The van der Waals surface area contributed by atoms with Crippen molar-refractivity contribution < 1.29 is 23.1 Å². The second-order valence-electron chi connectivity index (χ2n) is 4.34. The Hall–Kier alpha value is -0.820. The van der Waals surface area contributed by atoms with Crippen LogP contribution in [0.5, 0.6) is 0 Å². The quantitative estimate of drug-likeness (QED) is 0.762. The fraction of sp³-hybridized carbons (Fsp3) is 0.900. The molecule has 0 radical (unpaired) electrons. The van der Waals surface area contributed by atoms with Crippen LogP contribution in [0, 0.1) is 5.92 Å². The third-order valence-corrected chi connectivity index (χ3v) is 2.97. The van der Waals surface area contributed by atoms with Crippen LogP contribution in [0.4, 0.5) is 13.2 Å². The highest BCUT2D eigenvalue weighted by atomic mass is 19.4. The molecular formula is C10H17F3N2O2. The molecule has 4 nitrogen and oxygen atoms in total. The number of likely N-dealkylation sites (tertiary alicyclic amines) is 1. The van der Waals surface area contributed by atoms with Crippen LogP contribution in [0.1, 0.15) is 13.3 Å². The number of aliphatic hydroxyl groups is 1. The Balaban J connectivity index is 2.37. The lowest BCUT2D eigenvalue weighted by atomic mass is 10.1. The number of nitrogens with one attached hydrogen (secondary N) is 1. The standard InChI is InChI=1S/C10H17F3N2O2/c1-7(9(17)14-6-10(11,12)13)15-3-2-8(4-15)5-16/h7-8,16H,2-6H2,1H3,(H,14,17)/t7-,8-/m0/s1. The van der Waals surface area contributed by atoms with Gasteiger partial charge in [-0.25, -0.2) is 0 Å². The van der Waals surface area contributed by atoms with Gasteiger partial charge in [-0.1, -0.05) is 0 Å². The molecule has 1 heterocycles. The van der Waals surface area contributed by atoms with Crippen LogP contribution in [0.15, 0.2) is 0 Å². The largest absolute Gasteiger partial charge is 0.405 e. The molecule has 1 aliphatic rings. The maximum absolute atomic E-state index is 11.9. The van der Waals surface area contributed by atoms with E-state index in [0.717, 1.165) is 6.42 Å². The number of hydrogen-bond acceptors (Lipinski definition) is 3. The topological polar surface area (TPSA) is 52.6 Å². The minimum atomic E-state index is -4.38. The van der Waals surface area contributed by atoms with Crippen LogP contribution in [-0.2, 0) is 4.79 Å². The number of amides is 1. The molecule has 2 atom stereocenters. The summed E-state index contributed by atoms with van der Waals surface area (Å²) in [7, 11) is 0. The van der Waals surface area contributed by atoms with Crippen LogP contribution in [-0.4, -0.2) is 54.4 Å². The smallest absolute Gasteiger partial charge is 0.396 e. The van der Waals surface area contributed by atoms with Crippen molar-refractivity contribution in [3.63, 3.8) is 0 Å². The molecule has 1 amide bonds. The van der Waals surface area contributed by atoms with E-state index >= 15 is 0 Å². The molecule has 0 spiro atoms. The third-order valence-electron chi connectivity index (χ3n) is 2.97. The summed E-state index contributed by atoms with van der Waals surface area (Å²) in [6.07, 6.45) is -3.61. The highest BCUT2D eigenvalue weighted by molar-refractivity contribution is 5.81. The molecule has 0 saturated carbocycles. The van der Waals surface area contributed by atoms with Crippen molar-refractivity contribution in [2.75, 3.05) is 26.2 Å². The zero-order chi connectivity index (χ0) is 13.1. The Morgan fingerprint density at radius 1 is 1.59 bits per heavy atom. The molecule has 0 aliphatic carbocycles. The zero-order valence-electron chi connectivity index (χ0n) is 9.63. The molecular weight excluding hydrogens is 237 g/mol. The van der Waals surface area contributed by atoms with E-state index < -0.39 is 24.7 Å². The summed E-state index contributed by atoms with van der Waals surface area (Å²) in [5.74, 6) is -0.506. The summed E-state index contributed by atoms with van der Waals surface area (Å²) in [6, 6.07) is -0.589. The lowest BCUT2D eigenvalue weighted by molar-refractivity contribution is -0.141. The van der Waals surface area contributed by atoms with Crippen LogP contribution in [0.25, 0.3) is 0 Å². The molecule has 7 heteroatoms. The fourth-order valence-electron chi connectivity index (χ4n) is 1.86. The van der Waals surface area contributed by atoms with Crippen LogP contribution in [0.3, 0.4) is 0 Å². The molecule has 0 aromatic carbocycles. The normalized spacial score (nSPS) is 23.7. The number of carbonyl (C=O) groups is 1. The van der Waals surface area contributed by atoms with E-state index in [0.29, 0.717) is 13.1 Å². The maximum Gasteiger partial charge on any atom is 0.405 e. The Bertz CT molecular complexity index is 271. The molecule has 100 valence electrons. The lowest BCUT2D eigenvalue weighted by Crippen LogP contribution is -2.46. The Morgan fingerprint density at radius 2 is 2.24 bits per heavy atom. The molecule has 0 aromatic rings. The van der Waals surface area contributed by atoms with Crippen molar-refractivity contribution in [3.05, 3.63) is 0 Å². The highest BCUT2D eigenvalue weighted by Gasteiger charge is 2.32. The van der Waals surface area contributed by atoms with E-state index in [1.54, 1.807) is 11.8 Å². The minimum Gasteiger partial charge on any atom is -0.396 e. The maximum atomic E-state index is 11.9. The first-order valence-electron chi connectivity index (χ1n) is 5.53. The van der Waals surface area contributed by atoms with Crippen molar-refractivity contribution >= 4 is 5.91 Å². The van der Waals surface area contributed by atoms with E-state index in [-0.39, 0.29) is 12.5 Å². The van der Waals surface area contributed by atoms with Crippen molar-refractivity contribution in [1.29, 1.82) is 0 Å². The second kappa shape index (κ2) is 5.68. The van der Waals surface area contributed by atoms with Gasteiger partial charge < -0.3 is 10.4 Å². The average Bonchev–Trinajstić information content (AvgIpc) is 2.72. The molecule has 0 aromatic heterocycles. The summed E-state index contributed by atoms with van der Waals surface area (Å²) in [5.41, 5.74) is 0. The number of halogens is 3. The van der Waals surface area contributed by atoms with Gasteiger partial charge in [0.25, 0.3) is 0 Å². The zero-order valence-corrected chi connectivity index (χ0v) is 9.63.